The summed E-state index contributed by atoms with van der Waals surface area (Å²) in [6, 6.07) is 16.7. The zero-order valence-corrected chi connectivity index (χ0v) is 53.3. The van der Waals surface area contributed by atoms with Crippen molar-refractivity contribution in [2.24, 2.45) is 66.6 Å². The van der Waals surface area contributed by atoms with Crippen molar-refractivity contribution in [2.45, 2.75) is 154 Å². The summed E-state index contributed by atoms with van der Waals surface area (Å²) in [6.45, 7) is 6.31. The highest BCUT2D eigenvalue weighted by Crippen LogP contribution is 2.32. The smallest absolute Gasteiger partial charge is 0.242 e. The molecule has 3 heterocycles. The van der Waals surface area contributed by atoms with Crippen molar-refractivity contribution in [3.8, 4) is 0 Å². The summed E-state index contributed by atoms with van der Waals surface area (Å²) in [5, 5.41) is 20.8. The van der Waals surface area contributed by atoms with Crippen LogP contribution in [0.2, 0.25) is 0 Å². The zero-order chi connectivity index (χ0) is 67.1. The Morgan fingerprint density at radius 3 is 0.892 bits per heavy atom. The second kappa shape index (κ2) is 34.4. The molecule has 27 N–H and O–H groups in total. The van der Waals surface area contributed by atoms with E-state index in [1.165, 1.54) is 0 Å². The molecule has 0 fully saturated rings. The molecule has 4 aromatic carbocycles. The van der Waals surface area contributed by atoms with Crippen molar-refractivity contribution in [1.82, 2.24) is 46.9 Å². The second-order valence-electron chi connectivity index (χ2n) is 23.1. The number of guanidine groups is 3. The van der Waals surface area contributed by atoms with Crippen molar-refractivity contribution < 1.29 is 28.8 Å². The van der Waals surface area contributed by atoms with Crippen LogP contribution in [0.15, 0.2) is 106 Å². The Morgan fingerprint density at radius 2 is 0.645 bits per heavy atom. The highest BCUT2D eigenvalue weighted by Gasteiger charge is 2.31. The van der Waals surface area contributed by atoms with Gasteiger partial charge in [0.15, 0.2) is 17.9 Å². The number of rotatable bonds is 36. The van der Waals surface area contributed by atoms with E-state index in [0.29, 0.717) is 38.5 Å². The summed E-state index contributed by atoms with van der Waals surface area (Å²) in [6.07, 6.45) is 8.69. The second-order valence-corrected chi connectivity index (χ2v) is 23.1. The fourth-order valence-corrected chi connectivity index (χ4v) is 12.0. The first-order chi connectivity index (χ1) is 44.7. The van der Waals surface area contributed by atoms with Crippen LogP contribution in [0.4, 0.5) is 0 Å². The minimum absolute atomic E-state index is 0.0473. The molecule has 0 spiro atoms. The molecular formula is C66H93N21O6. The van der Waals surface area contributed by atoms with E-state index in [-0.39, 0.29) is 95.7 Å². The number of hydrogen-bond donors (Lipinski definition) is 18. The number of nitrogens with zero attached hydrogens (tertiary/aromatic N) is 3. The van der Waals surface area contributed by atoms with Gasteiger partial charge in [0, 0.05) is 90.6 Å². The van der Waals surface area contributed by atoms with Crippen LogP contribution in [-0.2, 0) is 86.9 Å². The molecule has 0 radical (unpaired) electrons. The predicted octanol–water partition coefficient (Wildman–Crippen LogP) is 0.991. The maximum atomic E-state index is 14.7. The first-order valence-corrected chi connectivity index (χ1v) is 31.7. The lowest BCUT2D eigenvalue weighted by atomic mass is 9.83. The van der Waals surface area contributed by atoms with Crippen LogP contribution in [0.5, 0.6) is 0 Å². The average molecular weight is 1280 g/mol. The van der Waals surface area contributed by atoms with E-state index in [1.807, 2.05) is 112 Å². The molecule has 0 saturated heterocycles. The molecule has 7 aromatic rings. The van der Waals surface area contributed by atoms with E-state index in [1.54, 1.807) is 0 Å². The highest BCUT2D eigenvalue weighted by molar-refractivity contribution is 5.93. The number of carbonyl (C=O) groups excluding carboxylic acids is 6. The van der Waals surface area contributed by atoms with Gasteiger partial charge in [0.05, 0.1) is 18.1 Å². The van der Waals surface area contributed by atoms with Crippen molar-refractivity contribution in [3.05, 3.63) is 141 Å². The number of H-pyrrole nitrogens is 3. The Bertz CT molecular complexity index is 3390. The van der Waals surface area contributed by atoms with Crippen LogP contribution in [0.25, 0.3) is 32.7 Å². The SMILES string of the molecule is CCc1c(CNC(=O)[C@H](CCCN=C(N)N)NC(=O)[C@@H](N)Cc2c[nH]c3ccccc23)c(CC)c(CNC(=O)[C@H](CCCN=C(N)N)NC(=O)[C@@H](N)Cc2c[nH]c3ccccc23)c(CC)c1CNC(=O)[C@H](CCCN=C(N)N)NC(=O)[C@@H](N)Cc1c[nH]c2ccccc12. The van der Waals surface area contributed by atoms with E-state index in [0.717, 1.165) is 82.8 Å². The maximum absolute atomic E-state index is 14.7. The molecule has 0 unspecified atom stereocenters. The molecule has 6 amide bonds. The van der Waals surface area contributed by atoms with Gasteiger partial charge in [0.2, 0.25) is 35.4 Å². The number of benzene rings is 4. The molecule has 27 heteroatoms. The summed E-state index contributed by atoms with van der Waals surface area (Å²) in [4.78, 5) is 108. The number of amides is 6. The zero-order valence-electron chi connectivity index (χ0n) is 53.3. The van der Waals surface area contributed by atoms with E-state index in [9.17, 15) is 28.8 Å². The van der Waals surface area contributed by atoms with Gasteiger partial charge in [-0.2, -0.15) is 0 Å². The summed E-state index contributed by atoms with van der Waals surface area (Å²) < 4.78 is 0. The van der Waals surface area contributed by atoms with Gasteiger partial charge in [0.25, 0.3) is 0 Å². The van der Waals surface area contributed by atoms with Crippen molar-refractivity contribution in [1.29, 1.82) is 0 Å². The van der Waals surface area contributed by atoms with Gasteiger partial charge in [-0.25, -0.2) is 0 Å². The Labute approximate surface area is 540 Å². The van der Waals surface area contributed by atoms with Gasteiger partial charge in [-0.1, -0.05) is 75.4 Å². The maximum Gasteiger partial charge on any atom is 0.242 e. The Morgan fingerprint density at radius 1 is 0.387 bits per heavy atom. The fraction of sp³-hybridized carbons (Fsp3) is 0.409. The van der Waals surface area contributed by atoms with Gasteiger partial charge in [0.1, 0.15) is 18.1 Å². The Kier molecular flexibility index (Phi) is 26.1. The van der Waals surface area contributed by atoms with Crippen LogP contribution in [0.3, 0.4) is 0 Å². The lowest BCUT2D eigenvalue weighted by Gasteiger charge is -2.28. The third-order valence-electron chi connectivity index (χ3n) is 16.7. The van der Waals surface area contributed by atoms with Crippen molar-refractivity contribution in [2.75, 3.05) is 19.6 Å². The number of aromatic amines is 3. The molecule has 0 aliphatic carbocycles. The molecule has 0 aliphatic rings. The van der Waals surface area contributed by atoms with Crippen LogP contribution in [-0.4, -0.2) is 124 Å². The third kappa shape index (κ3) is 19.5. The molecule has 7 rings (SSSR count). The first kappa shape index (κ1) is 70.5. The van der Waals surface area contributed by atoms with Gasteiger partial charge >= 0.3 is 0 Å². The van der Waals surface area contributed by atoms with Crippen LogP contribution >= 0.6 is 0 Å². The quantitative estimate of drug-likeness (QED) is 0.0148. The lowest BCUT2D eigenvalue weighted by molar-refractivity contribution is -0.129. The average Bonchev–Trinajstić information content (AvgIpc) is 1.79. The Hall–Kier alpha value is -9.99. The minimum Gasteiger partial charge on any atom is -0.370 e. The summed E-state index contributed by atoms with van der Waals surface area (Å²) >= 11 is 0. The lowest BCUT2D eigenvalue weighted by Crippen LogP contribution is -2.52. The number of nitrogens with one attached hydrogen (secondary N) is 9. The molecule has 27 nitrogen and oxygen atoms in total. The van der Waals surface area contributed by atoms with Crippen molar-refractivity contribution in [3.63, 3.8) is 0 Å². The highest BCUT2D eigenvalue weighted by atomic mass is 16.2. The molecule has 93 heavy (non-hydrogen) atoms. The number of carbonyl (C=O) groups is 6. The monoisotopic (exact) mass is 1280 g/mol. The predicted molar refractivity (Wildman–Crippen MR) is 366 cm³/mol. The molecular weight excluding hydrogens is 1180 g/mol. The number of para-hydroxylation sites is 3. The number of aliphatic imine (C=N–C) groups is 3. The summed E-state index contributed by atoms with van der Waals surface area (Å²) in [7, 11) is 0. The number of aromatic nitrogens is 3. The Balaban J connectivity index is 1.20. The molecule has 0 saturated carbocycles. The number of hydrogen-bond acceptors (Lipinski definition) is 12. The normalized spacial score (nSPS) is 13.2. The van der Waals surface area contributed by atoms with E-state index >= 15 is 0 Å². The molecule has 3 aromatic heterocycles. The summed E-state index contributed by atoms with van der Waals surface area (Å²) in [5.74, 6) is -3.52. The van der Waals surface area contributed by atoms with Crippen LogP contribution in [0.1, 0.15) is 109 Å². The van der Waals surface area contributed by atoms with Crippen LogP contribution in [0, 0.1) is 0 Å². The third-order valence-corrected chi connectivity index (χ3v) is 16.7. The van der Waals surface area contributed by atoms with Gasteiger partial charge in [-0.3, -0.25) is 43.7 Å². The first-order valence-electron chi connectivity index (χ1n) is 31.7. The minimum atomic E-state index is -1.08. The molecule has 0 aliphatic heterocycles. The van der Waals surface area contributed by atoms with E-state index in [4.69, 9.17) is 51.6 Å². The van der Waals surface area contributed by atoms with Crippen LogP contribution < -0.4 is 83.5 Å². The summed E-state index contributed by atoms with van der Waals surface area (Å²) in [5.41, 5.74) is 63.4. The van der Waals surface area contributed by atoms with Gasteiger partial charge in [-0.05, 0) is 145 Å². The van der Waals surface area contributed by atoms with Crippen molar-refractivity contribution >= 4 is 86.0 Å². The van der Waals surface area contributed by atoms with E-state index < -0.39 is 71.7 Å². The largest absolute Gasteiger partial charge is 0.370 e. The molecule has 6 atom stereocenters. The standard InChI is InChI=1S/C66H93N21O6/c1-4-40-46(34-82-61(91)55(22-13-25-76-64(70)71)85-58(88)49(67)28-37-31-79-52-19-10-7-16-43(37)52)41(5-2)48(36-84-63(93)57(24-15-27-78-66(74)75)87-60(90)51(69)30-39-33-81-54-21-12-9-18-45(39)54)42(6-3)47(40)35-83-62(92)56(23-14-26-77-65(72)73)86-59(89)50(68)29-38-32-80-53-20-11-8-17-44(38)53/h7-12,16-21,31-33,49-51,55-57,79-81H,4-6,13-15,22-30,34-36,67-69H2,1-3H3,(H,82,91)(H,83,92)(H,84,93)(H,85,88)(H,86,89)(H,87,90)(H4,70,71,76)(H4,72,73,77)(H4,74,75,78)/t49-,50-,51-,55-,56-,57-/m0/s1. The van der Waals surface area contributed by atoms with Gasteiger partial charge in [-0.15, -0.1) is 0 Å². The topological polar surface area (TPSA) is 493 Å². The van der Waals surface area contributed by atoms with E-state index in [2.05, 4.69) is 61.8 Å². The fourth-order valence-electron chi connectivity index (χ4n) is 12.0. The number of nitrogens with two attached hydrogens (primary N) is 9. The molecule has 0 bridgehead atoms. The number of fused-ring (bicyclic) bond motifs is 3. The molecule has 498 valence electrons. The van der Waals surface area contributed by atoms with Gasteiger partial charge < -0.3 is 98.5 Å².